The molecule has 2 heterocycles. The summed E-state index contributed by atoms with van der Waals surface area (Å²) in [7, 11) is -0.836. The standard InChI is InChI=1S/C20H21N6O2PS/c1-28-16-12-13(29(2,3)27)8-9-14(16)22-19-24-18-10-11-21-26(18)20(25-19)23-15-6-4-5-7-17(15)30/h4-12,30H,1-3H3,(H2,22,23,24,25). The van der Waals surface area contributed by atoms with E-state index in [1.54, 1.807) is 43.3 Å². The molecule has 8 nitrogen and oxygen atoms in total. The number of benzene rings is 2. The van der Waals surface area contributed by atoms with Crippen LogP contribution in [0.25, 0.3) is 5.65 Å². The van der Waals surface area contributed by atoms with Gasteiger partial charge in [-0.15, -0.1) is 12.6 Å². The zero-order valence-corrected chi connectivity index (χ0v) is 18.5. The van der Waals surface area contributed by atoms with Crippen LogP contribution in [0.1, 0.15) is 0 Å². The summed E-state index contributed by atoms with van der Waals surface area (Å²) in [6, 6.07) is 14.8. The van der Waals surface area contributed by atoms with Crippen molar-refractivity contribution in [2.45, 2.75) is 4.90 Å². The summed E-state index contributed by atoms with van der Waals surface area (Å²) in [5.74, 6) is 1.41. The van der Waals surface area contributed by atoms with Gasteiger partial charge in [0.05, 0.1) is 24.7 Å². The maximum atomic E-state index is 12.4. The van der Waals surface area contributed by atoms with Gasteiger partial charge in [-0.1, -0.05) is 12.1 Å². The quantitative estimate of drug-likeness (QED) is 0.306. The van der Waals surface area contributed by atoms with Crippen LogP contribution >= 0.6 is 19.8 Å². The van der Waals surface area contributed by atoms with Gasteiger partial charge in [0, 0.05) is 16.3 Å². The molecular weight excluding hydrogens is 419 g/mol. The van der Waals surface area contributed by atoms with Gasteiger partial charge in [0.2, 0.25) is 11.9 Å². The van der Waals surface area contributed by atoms with Gasteiger partial charge in [0.1, 0.15) is 12.9 Å². The lowest BCUT2D eigenvalue weighted by atomic mass is 10.3. The molecule has 0 saturated carbocycles. The van der Waals surface area contributed by atoms with E-state index in [1.165, 1.54) is 0 Å². The molecule has 0 spiro atoms. The molecule has 2 aromatic carbocycles. The number of aromatic nitrogens is 4. The lowest BCUT2D eigenvalue weighted by Gasteiger charge is -2.15. The van der Waals surface area contributed by atoms with Crippen molar-refractivity contribution in [2.75, 3.05) is 31.1 Å². The number of fused-ring (bicyclic) bond motifs is 1. The van der Waals surface area contributed by atoms with E-state index in [-0.39, 0.29) is 0 Å². The largest absolute Gasteiger partial charge is 0.495 e. The Morgan fingerprint density at radius 2 is 1.83 bits per heavy atom. The van der Waals surface area contributed by atoms with Crippen LogP contribution in [-0.2, 0) is 4.57 Å². The molecule has 4 rings (SSSR count). The Hall–Kier alpha value is -3.03. The first kappa shape index (κ1) is 20.3. The maximum Gasteiger partial charge on any atom is 0.233 e. The number of hydrogen-bond acceptors (Lipinski definition) is 8. The highest BCUT2D eigenvalue weighted by molar-refractivity contribution is 7.80. The number of para-hydroxylation sites is 1. The highest BCUT2D eigenvalue weighted by atomic mass is 32.1. The molecule has 2 N–H and O–H groups in total. The number of nitrogens with one attached hydrogen (secondary N) is 2. The third-order valence-electron chi connectivity index (χ3n) is 4.46. The van der Waals surface area contributed by atoms with Crippen molar-refractivity contribution in [2.24, 2.45) is 0 Å². The fourth-order valence-electron chi connectivity index (χ4n) is 2.90. The normalized spacial score (nSPS) is 11.5. The number of rotatable bonds is 6. The number of anilines is 4. The SMILES string of the molecule is COc1cc(P(C)(C)=O)ccc1Nc1nc(Nc2ccccc2S)n2nccc2n1. The second-order valence-electron chi connectivity index (χ2n) is 6.97. The Bertz CT molecular complexity index is 1270. The van der Waals surface area contributed by atoms with Crippen LogP contribution in [0, 0.1) is 0 Å². The molecule has 2 aromatic heterocycles. The van der Waals surface area contributed by atoms with Gasteiger partial charge in [-0.05, 0) is 43.7 Å². The molecule has 0 aliphatic carbocycles. The fourth-order valence-corrected chi connectivity index (χ4v) is 3.98. The number of nitrogens with zero attached hydrogens (tertiary/aromatic N) is 4. The van der Waals surface area contributed by atoms with E-state index in [0.29, 0.717) is 29.0 Å². The molecule has 0 saturated heterocycles. The van der Waals surface area contributed by atoms with Crippen molar-refractivity contribution >= 4 is 54.0 Å². The molecule has 30 heavy (non-hydrogen) atoms. The van der Waals surface area contributed by atoms with Gasteiger partial charge in [-0.25, -0.2) is 0 Å². The monoisotopic (exact) mass is 440 g/mol. The Labute approximate surface area is 179 Å². The molecular formula is C20H21N6O2PS. The summed E-state index contributed by atoms with van der Waals surface area (Å²) >= 11 is 4.48. The van der Waals surface area contributed by atoms with E-state index in [9.17, 15) is 4.57 Å². The summed E-state index contributed by atoms with van der Waals surface area (Å²) in [5.41, 5.74) is 2.08. The van der Waals surface area contributed by atoms with Crippen molar-refractivity contribution in [1.82, 2.24) is 19.6 Å². The molecule has 10 heteroatoms. The number of thiol groups is 1. The molecule has 0 aliphatic rings. The van der Waals surface area contributed by atoms with E-state index in [4.69, 9.17) is 4.74 Å². The Morgan fingerprint density at radius 3 is 2.57 bits per heavy atom. The third-order valence-corrected chi connectivity index (χ3v) is 6.37. The summed E-state index contributed by atoms with van der Waals surface area (Å²) in [6.45, 7) is 3.45. The van der Waals surface area contributed by atoms with Crippen molar-refractivity contribution in [3.8, 4) is 5.75 Å². The minimum Gasteiger partial charge on any atom is -0.495 e. The van der Waals surface area contributed by atoms with Gasteiger partial charge in [0.25, 0.3) is 0 Å². The van der Waals surface area contributed by atoms with E-state index in [1.807, 2.05) is 36.4 Å². The summed E-state index contributed by atoms with van der Waals surface area (Å²) in [6.07, 6.45) is 1.65. The second-order valence-corrected chi connectivity index (χ2v) is 10.7. The predicted molar refractivity (Wildman–Crippen MR) is 123 cm³/mol. The molecule has 0 aliphatic heterocycles. The summed E-state index contributed by atoms with van der Waals surface area (Å²) in [5, 5.41) is 11.5. The first-order valence-electron chi connectivity index (χ1n) is 9.12. The van der Waals surface area contributed by atoms with Crippen LogP contribution in [0.4, 0.5) is 23.3 Å². The van der Waals surface area contributed by atoms with E-state index < -0.39 is 7.14 Å². The van der Waals surface area contributed by atoms with Gasteiger partial charge in [0.15, 0.2) is 5.65 Å². The Balaban J connectivity index is 1.72. The third kappa shape index (κ3) is 4.13. The minimum absolute atomic E-state index is 0.365. The molecule has 0 fully saturated rings. The molecule has 0 bridgehead atoms. The number of hydrogen-bond donors (Lipinski definition) is 3. The molecule has 0 atom stereocenters. The maximum absolute atomic E-state index is 12.4. The van der Waals surface area contributed by atoms with Gasteiger partial charge in [-0.2, -0.15) is 19.6 Å². The van der Waals surface area contributed by atoms with E-state index >= 15 is 0 Å². The van der Waals surface area contributed by atoms with E-state index in [2.05, 4.69) is 38.3 Å². The Kier molecular flexibility index (Phi) is 5.40. The van der Waals surface area contributed by atoms with Crippen molar-refractivity contribution in [1.29, 1.82) is 0 Å². The fraction of sp³-hybridized carbons (Fsp3) is 0.150. The van der Waals surface area contributed by atoms with Crippen LogP contribution in [-0.4, -0.2) is 40.0 Å². The van der Waals surface area contributed by atoms with Gasteiger partial charge >= 0.3 is 0 Å². The topological polar surface area (TPSA) is 93.4 Å². The lowest BCUT2D eigenvalue weighted by molar-refractivity contribution is 0.417. The highest BCUT2D eigenvalue weighted by Crippen LogP contribution is 2.38. The van der Waals surface area contributed by atoms with Crippen LogP contribution in [0.3, 0.4) is 0 Å². The van der Waals surface area contributed by atoms with Crippen LogP contribution in [0.15, 0.2) is 59.6 Å². The van der Waals surface area contributed by atoms with Crippen molar-refractivity contribution < 1.29 is 9.30 Å². The molecule has 154 valence electrons. The zero-order chi connectivity index (χ0) is 21.3. The predicted octanol–water partition coefficient (Wildman–Crippen LogP) is 4.16. The molecule has 0 unspecified atom stereocenters. The highest BCUT2D eigenvalue weighted by Gasteiger charge is 2.16. The van der Waals surface area contributed by atoms with E-state index in [0.717, 1.165) is 15.9 Å². The summed E-state index contributed by atoms with van der Waals surface area (Å²) in [4.78, 5) is 9.87. The minimum atomic E-state index is -2.40. The number of methoxy groups -OCH3 is 1. The van der Waals surface area contributed by atoms with Crippen LogP contribution in [0.5, 0.6) is 5.75 Å². The molecule has 0 amide bonds. The van der Waals surface area contributed by atoms with Gasteiger partial charge in [-0.3, -0.25) is 0 Å². The average molecular weight is 440 g/mol. The zero-order valence-electron chi connectivity index (χ0n) is 16.7. The van der Waals surface area contributed by atoms with Crippen molar-refractivity contribution in [3.63, 3.8) is 0 Å². The Morgan fingerprint density at radius 1 is 1.03 bits per heavy atom. The smallest absolute Gasteiger partial charge is 0.233 e. The van der Waals surface area contributed by atoms with Crippen LogP contribution in [0.2, 0.25) is 0 Å². The van der Waals surface area contributed by atoms with Gasteiger partial charge < -0.3 is 19.9 Å². The average Bonchev–Trinajstić information content (AvgIpc) is 3.18. The first-order chi connectivity index (χ1) is 14.3. The number of ether oxygens (including phenoxy) is 1. The van der Waals surface area contributed by atoms with Crippen LogP contribution < -0.4 is 20.7 Å². The molecule has 4 aromatic rings. The second kappa shape index (κ2) is 8.01. The first-order valence-corrected chi connectivity index (χ1v) is 12.2. The lowest BCUT2D eigenvalue weighted by Crippen LogP contribution is -2.09. The van der Waals surface area contributed by atoms with Crippen molar-refractivity contribution in [3.05, 3.63) is 54.7 Å². The summed E-state index contributed by atoms with van der Waals surface area (Å²) < 4.78 is 19.5. The molecule has 0 radical (unpaired) electrons.